The van der Waals surface area contributed by atoms with Crippen LogP contribution in [0.15, 0.2) is 16.9 Å². The molecule has 0 aromatic heterocycles. The lowest BCUT2D eigenvalue weighted by atomic mass is 10.3. The molecule has 17 heavy (non-hydrogen) atoms. The quantitative estimate of drug-likeness (QED) is 0.783. The third-order valence-corrected chi connectivity index (χ3v) is 4.00. The summed E-state index contributed by atoms with van der Waals surface area (Å²) in [5.41, 5.74) is 0. The Bertz CT molecular complexity index is 332. The molecule has 3 rings (SSSR count). The van der Waals surface area contributed by atoms with Crippen LogP contribution in [0, 0.1) is 5.92 Å². The Labute approximate surface area is 103 Å². The second-order valence-electron chi connectivity index (χ2n) is 5.38. The van der Waals surface area contributed by atoms with Gasteiger partial charge >= 0.3 is 0 Å². The highest BCUT2D eigenvalue weighted by Gasteiger charge is 2.30. The number of likely N-dealkylation sites (N-methyl/N-ethyl adjacent to an activating group) is 1. The molecule has 1 atom stereocenters. The summed E-state index contributed by atoms with van der Waals surface area (Å²) in [7, 11) is 2.06. The molecule has 2 aliphatic heterocycles. The van der Waals surface area contributed by atoms with Crippen LogP contribution < -0.4 is 5.32 Å². The van der Waals surface area contributed by atoms with Gasteiger partial charge in [-0.15, -0.1) is 0 Å². The fraction of sp³-hybridized carbons (Fsp3) is 0.769. The van der Waals surface area contributed by atoms with Gasteiger partial charge in [-0.1, -0.05) is 0 Å². The number of hydrogen-bond acceptors (Lipinski definition) is 4. The zero-order valence-corrected chi connectivity index (χ0v) is 10.6. The van der Waals surface area contributed by atoms with E-state index in [-0.39, 0.29) is 0 Å². The van der Waals surface area contributed by atoms with E-state index in [9.17, 15) is 0 Å². The molecule has 4 heteroatoms. The normalized spacial score (nSPS) is 28.8. The molecule has 2 fully saturated rings. The van der Waals surface area contributed by atoms with E-state index in [1.807, 2.05) is 6.21 Å². The van der Waals surface area contributed by atoms with Crippen LogP contribution in [0.5, 0.6) is 0 Å². The van der Waals surface area contributed by atoms with E-state index >= 15 is 0 Å². The van der Waals surface area contributed by atoms with Crippen molar-refractivity contribution < 1.29 is 0 Å². The van der Waals surface area contributed by atoms with Gasteiger partial charge in [-0.2, -0.15) is 0 Å². The van der Waals surface area contributed by atoms with Gasteiger partial charge in [-0.3, -0.25) is 4.99 Å². The summed E-state index contributed by atoms with van der Waals surface area (Å²) in [5, 5.41) is 3.38. The average Bonchev–Trinajstić information content (AvgIpc) is 3.05. The van der Waals surface area contributed by atoms with Crippen molar-refractivity contribution >= 4 is 6.21 Å². The number of hydrogen-bond donors (Lipinski definition) is 1. The van der Waals surface area contributed by atoms with Crippen molar-refractivity contribution in [3.05, 3.63) is 11.9 Å². The monoisotopic (exact) mass is 234 g/mol. The fourth-order valence-electron chi connectivity index (χ4n) is 2.72. The van der Waals surface area contributed by atoms with Crippen molar-refractivity contribution in [3.8, 4) is 0 Å². The Morgan fingerprint density at radius 3 is 3.00 bits per heavy atom. The lowest BCUT2D eigenvalue weighted by molar-refractivity contribution is 0.227. The lowest BCUT2D eigenvalue weighted by Gasteiger charge is -2.34. The number of nitrogens with one attached hydrogen (secondary N) is 1. The SMILES string of the molecule is CN[C@@H]1CCN(C2=CC=NCN2CC2CC2)C1. The highest BCUT2D eigenvalue weighted by atomic mass is 15.4. The van der Waals surface area contributed by atoms with E-state index in [0.29, 0.717) is 6.04 Å². The summed E-state index contributed by atoms with van der Waals surface area (Å²) >= 11 is 0. The summed E-state index contributed by atoms with van der Waals surface area (Å²) in [6, 6.07) is 0.651. The van der Waals surface area contributed by atoms with Crippen LogP contribution >= 0.6 is 0 Å². The summed E-state index contributed by atoms with van der Waals surface area (Å²) in [5.74, 6) is 2.32. The number of nitrogens with zero attached hydrogens (tertiary/aromatic N) is 3. The summed E-state index contributed by atoms with van der Waals surface area (Å²) in [4.78, 5) is 9.35. The molecule has 0 spiro atoms. The first kappa shape index (κ1) is 11.1. The molecule has 0 unspecified atom stereocenters. The van der Waals surface area contributed by atoms with Gasteiger partial charge in [0.1, 0.15) is 12.5 Å². The zero-order valence-electron chi connectivity index (χ0n) is 10.6. The highest BCUT2D eigenvalue weighted by molar-refractivity contribution is 5.72. The Hall–Kier alpha value is -1.03. The van der Waals surface area contributed by atoms with Crippen LogP contribution in [0.2, 0.25) is 0 Å². The Morgan fingerprint density at radius 1 is 1.41 bits per heavy atom. The van der Waals surface area contributed by atoms with Crippen molar-refractivity contribution in [1.29, 1.82) is 0 Å². The first-order chi connectivity index (χ1) is 8.36. The van der Waals surface area contributed by atoms with Crippen LogP contribution in [0.25, 0.3) is 0 Å². The van der Waals surface area contributed by atoms with Gasteiger partial charge in [-0.25, -0.2) is 0 Å². The molecule has 0 aromatic rings. The van der Waals surface area contributed by atoms with Crippen LogP contribution in [-0.4, -0.2) is 55.4 Å². The molecule has 1 saturated carbocycles. The van der Waals surface area contributed by atoms with Gasteiger partial charge in [0.15, 0.2) is 0 Å². The van der Waals surface area contributed by atoms with E-state index in [2.05, 4.69) is 33.2 Å². The number of allylic oxidation sites excluding steroid dienone is 1. The molecule has 1 saturated heterocycles. The molecular formula is C13H22N4. The van der Waals surface area contributed by atoms with Crippen LogP contribution in [-0.2, 0) is 0 Å². The number of rotatable bonds is 4. The number of aliphatic imine (C=N–C) groups is 1. The third kappa shape index (κ3) is 2.46. The minimum atomic E-state index is 0.651. The molecule has 0 bridgehead atoms. The van der Waals surface area contributed by atoms with Crippen LogP contribution in [0.3, 0.4) is 0 Å². The number of likely N-dealkylation sites (tertiary alicyclic amines) is 1. The fourth-order valence-corrected chi connectivity index (χ4v) is 2.72. The molecule has 0 amide bonds. The Balaban J connectivity index is 1.65. The molecule has 2 heterocycles. The smallest absolute Gasteiger partial charge is 0.111 e. The van der Waals surface area contributed by atoms with Gasteiger partial charge in [0.2, 0.25) is 0 Å². The summed E-state index contributed by atoms with van der Waals surface area (Å²) in [6.45, 7) is 4.36. The van der Waals surface area contributed by atoms with Gasteiger partial charge < -0.3 is 15.1 Å². The minimum absolute atomic E-state index is 0.651. The summed E-state index contributed by atoms with van der Waals surface area (Å²) < 4.78 is 0. The van der Waals surface area contributed by atoms with Crippen LogP contribution in [0.1, 0.15) is 19.3 Å². The van der Waals surface area contributed by atoms with E-state index in [1.165, 1.54) is 38.2 Å². The van der Waals surface area contributed by atoms with Gasteiger partial charge in [0.25, 0.3) is 0 Å². The Kier molecular flexibility index (Phi) is 3.05. The van der Waals surface area contributed by atoms with E-state index in [4.69, 9.17) is 0 Å². The minimum Gasteiger partial charge on any atom is -0.357 e. The maximum Gasteiger partial charge on any atom is 0.111 e. The predicted molar refractivity (Wildman–Crippen MR) is 69.9 cm³/mol. The van der Waals surface area contributed by atoms with E-state index < -0.39 is 0 Å². The molecule has 1 aliphatic carbocycles. The standard InChI is InChI=1S/C13H22N4/c1-14-12-5-7-16(9-12)13-4-6-15-10-17(13)8-11-2-3-11/h4,6,11-12,14H,2-3,5,7-10H2,1H3/t12-/m1/s1. The largest absolute Gasteiger partial charge is 0.357 e. The topological polar surface area (TPSA) is 30.9 Å². The molecule has 1 N–H and O–H groups in total. The maximum atomic E-state index is 4.38. The maximum absolute atomic E-state index is 4.38. The zero-order chi connectivity index (χ0) is 11.7. The molecular weight excluding hydrogens is 212 g/mol. The first-order valence-corrected chi connectivity index (χ1v) is 6.74. The molecule has 3 aliphatic rings. The van der Waals surface area contributed by atoms with Crippen molar-refractivity contribution in [2.75, 3.05) is 33.4 Å². The third-order valence-electron chi connectivity index (χ3n) is 4.00. The molecule has 4 nitrogen and oxygen atoms in total. The van der Waals surface area contributed by atoms with Gasteiger partial charge in [0.05, 0.1) is 0 Å². The van der Waals surface area contributed by atoms with Gasteiger partial charge in [-0.05, 0) is 38.3 Å². The lowest BCUT2D eigenvalue weighted by Crippen LogP contribution is -2.38. The summed E-state index contributed by atoms with van der Waals surface area (Å²) in [6.07, 6.45) is 8.22. The van der Waals surface area contributed by atoms with Crippen molar-refractivity contribution in [2.45, 2.75) is 25.3 Å². The van der Waals surface area contributed by atoms with E-state index in [1.54, 1.807) is 0 Å². The molecule has 94 valence electrons. The predicted octanol–water partition coefficient (Wildman–Crippen LogP) is 0.875. The molecule has 0 aromatic carbocycles. The van der Waals surface area contributed by atoms with Crippen molar-refractivity contribution in [2.24, 2.45) is 10.9 Å². The van der Waals surface area contributed by atoms with Gasteiger partial charge in [0, 0.05) is 31.9 Å². The second kappa shape index (κ2) is 4.69. The average molecular weight is 234 g/mol. The first-order valence-electron chi connectivity index (χ1n) is 6.74. The van der Waals surface area contributed by atoms with E-state index in [0.717, 1.165) is 19.1 Å². The second-order valence-corrected chi connectivity index (χ2v) is 5.38. The molecule has 0 radical (unpaired) electrons. The van der Waals surface area contributed by atoms with Crippen molar-refractivity contribution in [3.63, 3.8) is 0 Å². The highest BCUT2D eigenvalue weighted by Crippen LogP contribution is 2.32. The van der Waals surface area contributed by atoms with Crippen molar-refractivity contribution in [1.82, 2.24) is 15.1 Å². The van der Waals surface area contributed by atoms with Crippen LogP contribution in [0.4, 0.5) is 0 Å². The Morgan fingerprint density at radius 2 is 2.29 bits per heavy atom.